The highest BCUT2D eigenvalue weighted by atomic mass is 16.5. The Morgan fingerprint density at radius 1 is 1.03 bits per heavy atom. The zero-order valence-corrected chi connectivity index (χ0v) is 18.7. The Balaban J connectivity index is 1.34. The molecule has 168 valence electrons. The topological polar surface area (TPSA) is 66.9 Å². The second-order valence-electron chi connectivity index (χ2n) is 7.55. The minimum Gasteiger partial charge on any atom is -0.490 e. The van der Waals surface area contributed by atoms with Crippen LogP contribution in [0.3, 0.4) is 0 Å². The van der Waals surface area contributed by atoms with Gasteiger partial charge in [0.25, 0.3) is 0 Å². The van der Waals surface area contributed by atoms with Crippen LogP contribution in [0.15, 0.2) is 42.6 Å². The van der Waals surface area contributed by atoms with Gasteiger partial charge in [-0.25, -0.2) is 4.98 Å². The molecular formula is C24H34N4O3. The van der Waals surface area contributed by atoms with Crippen molar-refractivity contribution in [1.29, 1.82) is 0 Å². The van der Waals surface area contributed by atoms with Crippen LogP contribution in [-0.4, -0.2) is 61.7 Å². The Kier molecular flexibility index (Phi) is 8.97. The lowest BCUT2D eigenvalue weighted by Crippen LogP contribution is -2.46. The lowest BCUT2D eigenvalue weighted by atomic mass is 10.2. The molecule has 1 aromatic carbocycles. The van der Waals surface area contributed by atoms with Crippen LogP contribution in [0.25, 0.3) is 0 Å². The molecule has 0 saturated carbocycles. The molecule has 0 atom stereocenters. The molecule has 0 unspecified atom stereocenters. The lowest BCUT2D eigenvalue weighted by molar-refractivity contribution is -0.121. The van der Waals surface area contributed by atoms with Crippen molar-refractivity contribution in [2.75, 3.05) is 50.8 Å². The van der Waals surface area contributed by atoms with Gasteiger partial charge in [-0.1, -0.05) is 25.1 Å². The van der Waals surface area contributed by atoms with E-state index in [2.05, 4.69) is 27.0 Å². The molecule has 1 N–H and O–H groups in total. The van der Waals surface area contributed by atoms with Gasteiger partial charge >= 0.3 is 0 Å². The van der Waals surface area contributed by atoms with Gasteiger partial charge in [-0.15, -0.1) is 0 Å². The number of carbonyl (C=O) groups is 1. The van der Waals surface area contributed by atoms with Crippen molar-refractivity contribution in [3.8, 4) is 11.5 Å². The van der Waals surface area contributed by atoms with Gasteiger partial charge in [0.2, 0.25) is 5.91 Å². The van der Waals surface area contributed by atoms with Gasteiger partial charge in [-0.3, -0.25) is 4.79 Å². The number of nitrogens with zero attached hydrogens (tertiary/aromatic N) is 3. The molecule has 2 heterocycles. The first-order chi connectivity index (χ1) is 15.2. The zero-order valence-electron chi connectivity index (χ0n) is 18.7. The van der Waals surface area contributed by atoms with E-state index in [-0.39, 0.29) is 5.91 Å². The zero-order chi connectivity index (χ0) is 21.9. The molecule has 0 aliphatic carbocycles. The smallest absolute Gasteiger partial charge is 0.220 e. The van der Waals surface area contributed by atoms with E-state index in [0.29, 0.717) is 38.3 Å². The summed E-state index contributed by atoms with van der Waals surface area (Å²) in [6, 6.07) is 11.7. The Morgan fingerprint density at radius 2 is 1.77 bits per heavy atom. The third-order valence-corrected chi connectivity index (χ3v) is 5.40. The van der Waals surface area contributed by atoms with Crippen LogP contribution in [0, 0.1) is 0 Å². The quantitative estimate of drug-likeness (QED) is 0.557. The van der Waals surface area contributed by atoms with Gasteiger partial charge in [0.05, 0.1) is 13.2 Å². The fraction of sp³-hybridized carbons (Fsp3) is 0.500. The van der Waals surface area contributed by atoms with Crippen LogP contribution in [0.4, 0.5) is 5.82 Å². The van der Waals surface area contributed by atoms with Crippen molar-refractivity contribution in [3.05, 3.63) is 48.2 Å². The summed E-state index contributed by atoms with van der Waals surface area (Å²) in [5, 5.41) is 2.96. The third-order valence-electron chi connectivity index (χ3n) is 5.40. The minimum atomic E-state index is 0.0152. The standard InChI is InChI=1S/C24H34N4O3/c1-3-27-13-15-28(16-14-27)23-12-11-20(18-25-23)19-26-24(29)10-7-17-31-22-9-6-5-8-21(22)30-4-2/h5-6,8-9,11-12,18H,3-4,7,10,13-17,19H2,1-2H3,(H,26,29). The van der Waals surface area contributed by atoms with Gasteiger partial charge < -0.3 is 24.6 Å². The van der Waals surface area contributed by atoms with E-state index in [1.807, 2.05) is 49.5 Å². The molecule has 1 saturated heterocycles. The van der Waals surface area contributed by atoms with E-state index in [1.54, 1.807) is 0 Å². The molecule has 2 aromatic rings. The Bertz CT molecular complexity index is 805. The maximum atomic E-state index is 12.1. The Labute approximate surface area is 185 Å². The SMILES string of the molecule is CCOc1ccccc1OCCCC(=O)NCc1ccc(N2CCN(CC)CC2)nc1. The molecule has 1 aliphatic rings. The van der Waals surface area contributed by atoms with Crippen LogP contribution in [-0.2, 0) is 11.3 Å². The number of hydrogen-bond acceptors (Lipinski definition) is 6. The first-order valence-corrected chi connectivity index (χ1v) is 11.2. The number of benzene rings is 1. The summed E-state index contributed by atoms with van der Waals surface area (Å²) < 4.78 is 11.3. The number of nitrogens with one attached hydrogen (secondary N) is 1. The number of carbonyl (C=O) groups excluding carboxylic acids is 1. The molecule has 7 nitrogen and oxygen atoms in total. The Morgan fingerprint density at radius 3 is 2.42 bits per heavy atom. The molecule has 7 heteroatoms. The summed E-state index contributed by atoms with van der Waals surface area (Å²) in [5.74, 6) is 2.47. The number of ether oxygens (including phenoxy) is 2. The summed E-state index contributed by atoms with van der Waals surface area (Å²) in [7, 11) is 0. The predicted octanol–water partition coefficient (Wildman–Crippen LogP) is 3.10. The highest BCUT2D eigenvalue weighted by Gasteiger charge is 2.16. The van der Waals surface area contributed by atoms with Gasteiger partial charge in [0, 0.05) is 45.3 Å². The van der Waals surface area contributed by atoms with Gasteiger partial charge in [0.15, 0.2) is 11.5 Å². The maximum absolute atomic E-state index is 12.1. The predicted molar refractivity (Wildman–Crippen MR) is 123 cm³/mol. The number of piperazine rings is 1. The molecule has 1 fully saturated rings. The average molecular weight is 427 g/mol. The van der Waals surface area contributed by atoms with Crippen molar-refractivity contribution in [3.63, 3.8) is 0 Å². The van der Waals surface area contributed by atoms with E-state index in [0.717, 1.165) is 49.9 Å². The fourth-order valence-electron chi connectivity index (χ4n) is 3.55. The number of rotatable bonds is 11. The van der Waals surface area contributed by atoms with Crippen LogP contribution < -0.4 is 19.7 Å². The van der Waals surface area contributed by atoms with E-state index >= 15 is 0 Å². The average Bonchev–Trinajstić information content (AvgIpc) is 2.82. The van der Waals surface area contributed by atoms with Gasteiger partial charge in [-0.05, 0) is 43.7 Å². The van der Waals surface area contributed by atoms with Gasteiger partial charge in [-0.2, -0.15) is 0 Å². The molecule has 31 heavy (non-hydrogen) atoms. The largest absolute Gasteiger partial charge is 0.490 e. The molecule has 0 spiro atoms. The molecular weight excluding hydrogens is 392 g/mol. The van der Waals surface area contributed by atoms with E-state index in [9.17, 15) is 4.79 Å². The highest BCUT2D eigenvalue weighted by Crippen LogP contribution is 2.26. The molecule has 1 aromatic heterocycles. The molecule has 3 rings (SSSR count). The maximum Gasteiger partial charge on any atom is 0.220 e. The van der Waals surface area contributed by atoms with Crippen LogP contribution in [0.5, 0.6) is 11.5 Å². The second kappa shape index (κ2) is 12.2. The first-order valence-electron chi connectivity index (χ1n) is 11.2. The molecule has 0 radical (unpaired) electrons. The number of amides is 1. The van der Waals surface area contributed by atoms with E-state index in [1.165, 1.54) is 0 Å². The van der Waals surface area contributed by atoms with Crippen molar-refractivity contribution in [2.45, 2.75) is 33.2 Å². The number of likely N-dealkylation sites (N-methyl/N-ethyl adjacent to an activating group) is 1. The summed E-state index contributed by atoms with van der Waals surface area (Å²) >= 11 is 0. The van der Waals surface area contributed by atoms with Crippen molar-refractivity contribution < 1.29 is 14.3 Å². The van der Waals surface area contributed by atoms with Gasteiger partial charge in [0.1, 0.15) is 5.82 Å². The highest BCUT2D eigenvalue weighted by molar-refractivity contribution is 5.75. The monoisotopic (exact) mass is 426 g/mol. The lowest BCUT2D eigenvalue weighted by Gasteiger charge is -2.34. The number of hydrogen-bond donors (Lipinski definition) is 1. The van der Waals surface area contributed by atoms with E-state index in [4.69, 9.17) is 9.47 Å². The van der Waals surface area contributed by atoms with Crippen LogP contribution >= 0.6 is 0 Å². The summed E-state index contributed by atoms with van der Waals surface area (Å²) in [6.45, 7) is 11.0. The summed E-state index contributed by atoms with van der Waals surface area (Å²) in [6.07, 6.45) is 2.92. The number of aromatic nitrogens is 1. The van der Waals surface area contributed by atoms with Crippen molar-refractivity contribution in [1.82, 2.24) is 15.2 Å². The van der Waals surface area contributed by atoms with Crippen molar-refractivity contribution >= 4 is 11.7 Å². The number of para-hydroxylation sites is 2. The summed E-state index contributed by atoms with van der Waals surface area (Å²) in [5.41, 5.74) is 1.01. The first kappa shape index (κ1) is 22.9. The van der Waals surface area contributed by atoms with E-state index < -0.39 is 0 Å². The second-order valence-corrected chi connectivity index (χ2v) is 7.55. The Hall–Kier alpha value is -2.80. The third kappa shape index (κ3) is 7.14. The van der Waals surface area contributed by atoms with Crippen molar-refractivity contribution in [2.24, 2.45) is 0 Å². The normalized spacial score (nSPS) is 14.3. The van der Waals surface area contributed by atoms with Crippen LogP contribution in [0.1, 0.15) is 32.3 Å². The fourth-order valence-corrected chi connectivity index (χ4v) is 3.55. The number of anilines is 1. The molecule has 1 amide bonds. The van der Waals surface area contributed by atoms with Crippen LogP contribution in [0.2, 0.25) is 0 Å². The minimum absolute atomic E-state index is 0.0152. The molecule has 1 aliphatic heterocycles. The molecule has 0 bridgehead atoms. The summed E-state index contributed by atoms with van der Waals surface area (Å²) in [4.78, 5) is 21.5. The number of pyridine rings is 1.